The minimum absolute atomic E-state index is 0.178. The first-order valence-electron chi connectivity index (χ1n) is 3.62. The largest absolute Gasteiger partial charge is 0.297 e. The van der Waals surface area contributed by atoms with Crippen molar-refractivity contribution in [2.45, 2.75) is 11.9 Å². The van der Waals surface area contributed by atoms with Gasteiger partial charge in [0.2, 0.25) is 0 Å². The van der Waals surface area contributed by atoms with Gasteiger partial charge in [-0.15, -0.1) is 33.8 Å². The molecule has 0 nitrogen and oxygen atoms in total. The van der Waals surface area contributed by atoms with Crippen LogP contribution in [0.3, 0.4) is 0 Å². The van der Waals surface area contributed by atoms with Crippen molar-refractivity contribution < 1.29 is 0 Å². The summed E-state index contributed by atoms with van der Waals surface area (Å²) >= 11 is 18.2. The van der Waals surface area contributed by atoms with Gasteiger partial charge in [-0.3, -0.25) is 0 Å². The highest BCUT2D eigenvalue weighted by atomic mass is 35.7. The number of hydrogen-bond donors (Lipinski definition) is 0. The van der Waals surface area contributed by atoms with Crippen molar-refractivity contribution in [2.75, 3.05) is 0 Å². The van der Waals surface area contributed by atoms with E-state index >= 15 is 0 Å². The van der Waals surface area contributed by atoms with Gasteiger partial charge in [0, 0.05) is 0 Å². The van der Waals surface area contributed by atoms with Gasteiger partial charge < -0.3 is 0 Å². The molecule has 0 spiro atoms. The number of halogens is 3. The van der Waals surface area contributed by atoms with Gasteiger partial charge in [-0.1, -0.05) is 30.3 Å². The fraction of sp³-hybridized carbons (Fsp3) is 0.250. The zero-order valence-electron chi connectivity index (χ0n) is 6.60. The fourth-order valence-electron chi connectivity index (χ4n) is 0.890. The minimum atomic E-state index is -2.45. The first-order chi connectivity index (χ1) is 5.55. The zero-order chi connectivity index (χ0) is 9.19. The summed E-state index contributed by atoms with van der Waals surface area (Å²) in [4.78, 5) is 0. The molecule has 1 rings (SSSR count). The molecule has 4 heteroatoms. The van der Waals surface area contributed by atoms with Crippen LogP contribution in [0.1, 0.15) is 6.92 Å². The summed E-state index contributed by atoms with van der Waals surface area (Å²) in [5.74, 6) is 0. The molecule has 1 aromatic carbocycles. The van der Waals surface area contributed by atoms with E-state index in [9.17, 15) is 0 Å². The topological polar surface area (TPSA) is 0 Å². The summed E-state index contributed by atoms with van der Waals surface area (Å²) in [7, 11) is 0. The lowest BCUT2D eigenvalue weighted by Gasteiger charge is -2.19. The van der Waals surface area contributed by atoms with E-state index in [1.165, 1.54) is 0 Å². The summed E-state index contributed by atoms with van der Waals surface area (Å²) in [6.07, 6.45) is 0. The van der Waals surface area contributed by atoms with E-state index in [2.05, 4.69) is 0 Å². The number of rotatable bonds is 2. The summed E-state index contributed by atoms with van der Waals surface area (Å²) in [5.41, 5.74) is 0. The standard InChI is InChI=1S/C8H9Cl3Si/c1-7(9)12(10,11)8-5-3-2-4-6-8/h2-7H,1H3. The van der Waals surface area contributed by atoms with Crippen molar-refractivity contribution in [3.05, 3.63) is 30.3 Å². The molecule has 1 atom stereocenters. The van der Waals surface area contributed by atoms with E-state index in [-0.39, 0.29) is 5.00 Å². The van der Waals surface area contributed by atoms with E-state index < -0.39 is 6.69 Å². The average Bonchev–Trinajstić information content (AvgIpc) is 2.06. The summed E-state index contributed by atoms with van der Waals surface area (Å²) in [6, 6.07) is 9.61. The molecule has 0 aliphatic carbocycles. The monoisotopic (exact) mass is 238 g/mol. The van der Waals surface area contributed by atoms with Crippen molar-refractivity contribution in [2.24, 2.45) is 0 Å². The van der Waals surface area contributed by atoms with E-state index in [1.54, 1.807) is 0 Å². The molecule has 0 saturated carbocycles. The second kappa shape index (κ2) is 4.01. The molecule has 0 fully saturated rings. The van der Waals surface area contributed by atoms with Crippen LogP contribution in [-0.2, 0) is 0 Å². The molecule has 0 aliphatic rings. The Labute approximate surface area is 87.9 Å². The molecule has 12 heavy (non-hydrogen) atoms. The molecule has 0 radical (unpaired) electrons. The third-order valence-electron chi connectivity index (χ3n) is 1.66. The first-order valence-corrected chi connectivity index (χ1v) is 8.16. The molecule has 1 aromatic rings. The Hall–Kier alpha value is 0.307. The maximum Gasteiger partial charge on any atom is 0.297 e. The fourth-order valence-corrected chi connectivity index (χ4v) is 3.12. The van der Waals surface area contributed by atoms with Gasteiger partial charge in [-0.25, -0.2) is 0 Å². The normalized spacial score (nSPS) is 14.3. The van der Waals surface area contributed by atoms with Crippen LogP contribution >= 0.6 is 33.8 Å². The van der Waals surface area contributed by atoms with Gasteiger partial charge in [-0.2, -0.15) is 0 Å². The Morgan fingerprint density at radius 1 is 1.17 bits per heavy atom. The van der Waals surface area contributed by atoms with Crippen LogP contribution in [0.2, 0.25) is 0 Å². The van der Waals surface area contributed by atoms with Crippen LogP contribution in [0.25, 0.3) is 0 Å². The Balaban J connectivity index is 2.98. The van der Waals surface area contributed by atoms with Crippen LogP contribution in [0.4, 0.5) is 0 Å². The molecule has 0 aliphatic heterocycles. The van der Waals surface area contributed by atoms with Gasteiger partial charge in [0.25, 0.3) is 6.69 Å². The maximum absolute atomic E-state index is 6.17. The Bertz CT molecular complexity index is 246. The lowest BCUT2D eigenvalue weighted by atomic mass is 10.4. The second-order valence-corrected chi connectivity index (χ2v) is 10.5. The quantitative estimate of drug-likeness (QED) is 0.423. The van der Waals surface area contributed by atoms with Crippen molar-refractivity contribution in [3.63, 3.8) is 0 Å². The maximum atomic E-state index is 6.17. The van der Waals surface area contributed by atoms with E-state index in [0.717, 1.165) is 5.19 Å². The van der Waals surface area contributed by atoms with Crippen LogP contribution in [0.5, 0.6) is 0 Å². The molecule has 0 heterocycles. The predicted octanol–water partition coefficient (Wildman–Crippen LogP) is 2.98. The lowest BCUT2D eigenvalue weighted by molar-refractivity contribution is 1.35. The predicted molar refractivity (Wildman–Crippen MR) is 58.9 cm³/mol. The Morgan fingerprint density at radius 3 is 2.08 bits per heavy atom. The summed E-state index contributed by atoms with van der Waals surface area (Å²) < 4.78 is 0. The molecule has 0 N–H and O–H groups in total. The Morgan fingerprint density at radius 2 is 1.67 bits per heavy atom. The molecule has 0 amide bonds. The molecule has 66 valence electrons. The molecule has 0 saturated heterocycles. The molecule has 0 aromatic heterocycles. The summed E-state index contributed by atoms with van der Waals surface area (Å²) in [5, 5.41) is 0.791. The summed E-state index contributed by atoms with van der Waals surface area (Å²) in [6.45, 7) is -0.613. The first kappa shape index (κ1) is 10.4. The highest BCUT2D eigenvalue weighted by Crippen LogP contribution is 2.23. The van der Waals surface area contributed by atoms with E-state index in [0.29, 0.717) is 0 Å². The highest BCUT2D eigenvalue weighted by Gasteiger charge is 2.36. The Kier molecular flexibility index (Phi) is 3.47. The van der Waals surface area contributed by atoms with Gasteiger partial charge in [0.15, 0.2) is 0 Å². The minimum Gasteiger partial charge on any atom is -0.138 e. The van der Waals surface area contributed by atoms with Gasteiger partial charge in [0.1, 0.15) is 0 Å². The third-order valence-corrected chi connectivity index (χ3v) is 8.69. The smallest absolute Gasteiger partial charge is 0.138 e. The van der Waals surface area contributed by atoms with Crippen molar-refractivity contribution in [1.82, 2.24) is 0 Å². The van der Waals surface area contributed by atoms with Crippen LogP contribution < -0.4 is 5.19 Å². The van der Waals surface area contributed by atoms with Crippen molar-refractivity contribution >= 4 is 45.6 Å². The number of alkyl halides is 1. The van der Waals surface area contributed by atoms with E-state index in [1.807, 2.05) is 37.3 Å². The average molecular weight is 240 g/mol. The van der Waals surface area contributed by atoms with Crippen LogP contribution in [-0.4, -0.2) is 11.7 Å². The molecular formula is C8H9Cl3Si. The van der Waals surface area contributed by atoms with Gasteiger partial charge in [-0.05, 0) is 12.1 Å². The van der Waals surface area contributed by atoms with Gasteiger partial charge >= 0.3 is 0 Å². The molecular weight excluding hydrogens is 231 g/mol. The van der Waals surface area contributed by atoms with Crippen LogP contribution in [0.15, 0.2) is 30.3 Å². The zero-order valence-corrected chi connectivity index (χ0v) is 9.87. The highest BCUT2D eigenvalue weighted by molar-refractivity contribution is 7.52. The van der Waals surface area contributed by atoms with E-state index in [4.69, 9.17) is 33.8 Å². The van der Waals surface area contributed by atoms with Crippen LogP contribution in [0, 0.1) is 0 Å². The molecule has 1 unspecified atom stereocenters. The van der Waals surface area contributed by atoms with Gasteiger partial charge in [0.05, 0.1) is 5.00 Å². The lowest BCUT2D eigenvalue weighted by Crippen LogP contribution is -2.44. The molecule has 0 bridgehead atoms. The number of benzene rings is 1. The van der Waals surface area contributed by atoms with Crippen molar-refractivity contribution in [1.29, 1.82) is 0 Å². The van der Waals surface area contributed by atoms with Crippen molar-refractivity contribution in [3.8, 4) is 0 Å². The second-order valence-electron chi connectivity index (χ2n) is 2.60. The number of hydrogen-bond acceptors (Lipinski definition) is 0. The third kappa shape index (κ3) is 2.16. The SMILES string of the molecule is CC(Cl)[Si](Cl)(Cl)c1ccccc1.